The molecule has 1 heterocycles. The number of carbonyl (C=O) groups excluding carboxylic acids is 2. The van der Waals surface area contributed by atoms with E-state index < -0.39 is 42.7 Å². The highest BCUT2D eigenvalue weighted by Gasteiger charge is 2.35. The van der Waals surface area contributed by atoms with Crippen molar-refractivity contribution in [1.82, 2.24) is 9.78 Å². The van der Waals surface area contributed by atoms with Gasteiger partial charge in [0.25, 0.3) is 0 Å². The van der Waals surface area contributed by atoms with Gasteiger partial charge in [-0.05, 0) is 77.4 Å². The van der Waals surface area contributed by atoms with Crippen molar-refractivity contribution in [3.63, 3.8) is 0 Å². The second kappa shape index (κ2) is 18.3. The maximum atomic E-state index is 13.0. The summed E-state index contributed by atoms with van der Waals surface area (Å²) in [5.41, 5.74) is 1.35. The van der Waals surface area contributed by atoms with Gasteiger partial charge in [0.2, 0.25) is 31.9 Å². The van der Waals surface area contributed by atoms with Crippen molar-refractivity contribution in [2.75, 3.05) is 10.6 Å². The number of amides is 2. The number of alkyl halides is 3. The molecule has 0 spiro atoms. The molecule has 0 bridgehead atoms. The standard InChI is InChI=1S/C20H16Cl2N2O3S.C19H16ClF3N4O3S/c21-15-7-5-13(6-8-15)17-10-9-16(12-19(17)28(23,26)27)24-20(25)11-14-3-1-2-4-18(14)22;1-27-15(10-17(26-27)19(21,22)23)13-7-6-12(9-16(13)31(24,29)30)25-18(28)8-11-4-2-3-5-14(11)20/h1-10,12H,11H2,(H,24,25)(H2,23,26,27);2-7,9-10H,8H2,1H3,(H,25,28)(H2,24,29,30). The molecule has 20 heteroatoms. The van der Waals surface area contributed by atoms with Crippen molar-refractivity contribution >= 4 is 78.0 Å². The van der Waals surface area contributed by atoms with E-state index in [-0.39, 0.29) is 40.6 Å². The van der Waals surface area contributed by atoms with Gasteiger partial charge in [-0.25, -0.2) is 27.1 Å². The van der Waals surface area contributed by atoms with Crippen LogP contribution >= 0.6 is 34.8 Å². The second-order valence-electron chi connectivity index (χ2n) is 12.7. The van der Waals surface area contributed by atoms with Crippen LogP contribution in [0.15, 0.2) is 125 Å². The van der Waals surface area contributed by atoms with Gasteiger partial charge in [-0.1, -0.05) is 89.4 Å². The molecule has 0 aliphatic carbocycles. The summed E-state index contributed by atoms with van der Waals surface area (Å²) in [6, 6.07) is 29.4. The lowest BCUT2D eigenvalue weighted by atomic mass is 10.1. The summed E-state index contributed by atoms with van der Waals surface area (Å²) < 4.78 is 88.2. The summed E-state index contributed by atoms with van der Waals surface area (Å²) in [5.74, 6) is -0.797. The predicted octanol–water partition coefficient (Wildman–Crippen LogP) is 8.08. The monoisotopic (exact) mass is 906 g/mol. The maximum Gasteiger partial charge on any atom is 0.435 e. The van der Waals surface area contributed by atoms with Gasteiger partial charge in [-0.3, -0.25) is 14.3 Å². The predicted molar refractivity (Wildman–Crippen MR) is 221 cm³/mol. The quantitative estimate of drug-likeness (QED) is 0.107. The van der Waals surface area contributed by atoms with Gasteiger partial charge in [-0.15, -0.1) is 0 Å². The molecule has 59 heavy (non-hydrogen) atoms. The van der Waals surface area contributed by atoms with Gasteiger partial charge in [0.1, 0.15) is 0 Å². The molecule has 1 aromatic heterocycles. The minimum absolute atomic E-state index is 0.0588. The minimum atomic E-state index is -4.70. The Morgan fingerprint density at radius 3 is 1.53 bits per heavy atom. The van der Waals surface area contributed by atoms with Crippen LogP contribution in [0.4, 0.5) is 24.5 Å². The van der Waals surface area contributed by atoms with E-state index in [1.54, 1.807) is 84.9 Å². The zero-order valence-corrected chi connectivity index (χ0v) is 34.4. The van der Waals surface area contributed by atoms with Gasteiger partial charge >= 0.3 is 6.18 Å². The lowest BCUT2D eigenvalue weighted by molar-refractivity contribution is -0.141. The molecule has 6 N–H and O–H groups in total. The van der Waals surface area contributed by atoms with Crippen LogP contribution in [0, 0.1) is 0 Å². The molecular formula is C39H32Cl3F3N6O6S2. The molecule has 2 amide bonds. The van der Waals surface area contributed by atoms with E-state index in [1.165, 1.54) is 25.2 Å². The second-order valence-corrected chi connectivity index (χ2v) is 17.0. The van der Waals surface area contributed by atoms with Crippen molar-refractivity contribution in [2.45, 2.75) is 28.8 Å². The summed E-state index contributed by atoms with van der Waals surface area (Å²) in [5, 5.41) is 20.7. The van der Waals surface area contributed by atoms with Crippen molar-refractivity contribution < 1.29 is 39.6 Å². The topological polar surface area (TPSA) is 196 Å². The number of hydrogen-bond donors (Lipinski definition) is 4. The zero-order valence-electron chi connectivity index (χ0n) is 30.5. The van der Waals surface area contributed by atoms with Crippen molar-refractivity contribution in [3.8, 4) is 22.4 Å². The van der Waals surface area contributed by atoms with Crippen molar-refractivity contribution in [3.05, 3.63) is 147 Å². The SMILES string of the molecule is Cn1nc(C(F)(F)F)cc1-c1ccc(NC(=O)Cc2ccccc2Cl)cc1S(N)(=O)=O.NS(=O)(=O)c1cc(NC(=O)Cc2ccccc2Cl)ccc1-c1ccc(Cl)cc1. The average molecular weight is 908 g/mol. The van der Waals surface area contributed by atoms with E-state index >= 15 is 0 Å². The first-order valence-electron chi connectivity index (χ1n) is 16.9. The van der Waals surface area contributed by atoms with Crippen LogP contribution in [0.25, 0.3) is 22.4 Å². The lowest BCUT2D eigenvalue weighted by Crippen LogP contribution is -2.17. The third kappa shape index (κ3) is 11.9. The Morgan fingerprint density at radius 1 is 0.661 bits per heavy atom. The first kappa shape index (κ1) is 44.8. The van der Waals surface area contributed by atoms with Gasteiger partial charge in [-0.2, -0.15) is 18.3 Å². The number of nitrogens with zero attached hydrogens (tertiary/aromatic N) is 2. The number of aromatic nitrogens is 2. The Balaban J connectivity index is 0.000000225. The fourth-order valence-corrected chi connectivity index (χ4v) is 7.73. The van der Waals surface area contributed by atoms with Gasteiger partial charge in [0.05, 0.1) is 28.3 Å². The van der Waals surface area contributed by atoms with E-state index in [4.69, 9.17) is 45.1 Å². The Morgan fingerprint density at radius 2 is 1.10 bits per heavy atom. The molecular weight excluding hydrogens is 876 g/mol. The molecule has 0 radical (unpaired) electrons. The molecule has 6 aromatic rings. The number of primary sulfonamides is 2. The highest BCUT2D eigenvalue weighted by Crippen LogP contribution is 2.35. The number of nitrogens with one attached hydrogen (secondary N) is 2. The first-order valence-corrected chi connectivity index (χ1v) is 21.1. The Labute approximate surface area is 352 Å². The fraction of sp³-hybridized carbons (Fsp3) is 0.103. The van der Waals surface area contributed by atoms with Crippen molar-refractivity contribution in [2.24, 2.45) is 17.3 Å². The maximum absolute atomic E-state index is 13.0. The number of nitrogens with two attached hydrogens (primary N) is 2. The largest absolute Gasteiger partial charge is 0.435 e. The summed E-state index contributed by atoms with van der Waals surface area (Å²) in [6.07, 6.45) is -4.71. The van der Waals surface area contributed by atoms with E-state index in [9.17, 15) is 39.6 Å². The lowest BCUT2D eigenvalue weighted by Gasteiger charge is -2.12. The van der Waals surface area contributed by atoms with Crippen LogP contribution in [-0.4, -0.2) is 38.4 Å². The first-order chi connectivity index (χ1) is 27.6. The third-order valence-electron chi connectivity index (χ3n) is 8.36. The number of halogens is 6. The van der Waals surface area contributed by atoms with Crippen LogP contribution in [-0.2, 0) is 55.7 Å². The molecule has 308 valence electrons. The molecule has 0 atom stereocenters. The minimum Gasteiger partial charge on any atom is -0.326 e. The number of anilines is 2. The molecule has 0 aliphatic heterocycles. The number of sulfonamides is 2. The average Bonchev–Trinajstić information content (AvgIpc) is 3.55. The normalized spacial score (nSPS) is 11.7. The summed E-state index contributed by atoms with van der Waals surface area (Å²) in [6.45, 7) is 0. The highest BCUT2D eigenvalue weighted by atomic mass is 35.5. The Bertz CT molecular complexity index is 2770. The molecule has 0 fully saturated rings. The highest BCUT2D eigenvalue weighted by molar-refractivity contribution is 7.89. The van der Waals surface area contributed by atoms with Gasteiger partial charge in [0.15, 0.2) is 5.69 Å². The Kier molecular flexibility index (Phi) is 13.9. The third-order valence-corrected chi connectivity index (χ3v) is 11.3. The number of hydrogen-bond acceptors (Lipinski definition) is 7. The van der Waals surface area contributed by atoms with E-state index in [2.05, 4.69) is 15.7 Å². The van der Waals surface area contributed by atoms with Crippen LogP contribution in [0.5, 0.6) is 0 Å². The molecule has 0 unspecified atom stereocenters. The molecule has 5 aromatic carbocycles. The number of carbonyl (C=O) groups is 2. The Hall–Kier alpha value is -5.27. The number of rotatable bonds is 10. The fourth-order valence-electron chi connectivity index (χ4n) is 5.65. The van der Waals surface area contributed by atoms with Crippen LogP contribution in [0.2, 0.25) is 15.1 Å². The smallest absolute Gasteiger partial charge is 0.326 e. The molecule has 0 saturated heterocycles. The number of benzene rings is 5. The zero-order chi connectivity index (χ0) is 43.3. The van der Waals surface area contributed by atoms with Gasteiger partial charge < -0.3 is 10.6 Å². The van der Waals surface area contributed by atoms with Gasteiger partial charge in [0, 0.05) is 44.6 Å². The number of aryl methyl sites for hydroxylation is 1. The molecule has 0 saturated carbocycles. The van der Waals surface area contributed by atoms with Crippen LogP contribution in [0.3, 0.4) is 0 Å². The summed E-state index contributed by atoms with van der Waals surface area (Å²) in [7, 11) is -7.12. The van der Waals surface area contributed by atoms with Crippen LogP contribution < -0.4 is 20.9 Å². The molecule has 6 rings (SSSR count). The van der Waals surface area contributed by atoms with E-state index in [0.29, 0.717) is 43.0 Å². The molecule has 12 nitrogen and oxygen atoms in total. The van der Waals surface area contributed by atoms with E-state index in [1.807, 2.05) is 0 Å². The molecule has 0 aliphatic rings. The van der Waals surface area contributed by atoms with Crippen LogP contribution in [0.1, 0.15) is 16.8 Å². The van der Waals surface area contributed by atoms with E-state index in [0.717, 1.165) is 16.8 Å². The summed E-state index contributed by atoms with van der Waals surface area (Å²) in [4.78, 5) is 24.1. The summed E-state index contributed by atoms with van der Waals surface area (Å²) >= 11 is 18.0. The van der Waals surface area contributed by atoms with Crippen molar-refractivity contribution in [1.29, 1.82) is 0 Å².